The Kier molecular flexibility index (Phi) is 4.77. The average Bonchev–Trinajstić information content (AvgIpc) is 3.09. The molecule has 112 valence electrons. The molecular formula is C19H25NS. The Labute approximate surface area is 132 Å². The molecule has 1 N–H and O–H groups in total. The van der Waals surface area contributed by atoms with Gasteiger partial charge >= 0.3 is 0 Å². The van der Waals surface area contributed by atoms with Crippen LogP contribution in [0.15, 0.2) is 30.3 Å². The number of thiophene rings is 1. The van der Waals surface area contributed by atoms with Crippen LogP contribution >= 0.6 is 11.3 Å². The van der Waals surface area contributed by atoms with E-state index in [9.17, 15) is 0 Å². The third kappa shape index (κ3) is 3.22. The van der Waals surface area contributed by atoms with Crippen LogP contribution in [0.1, 0.15) is 59.2 Å². The SMILES string of the molecule is CCCNC(c1cccc(CC)c1)c1cc2c(s1)CCC2. The summed E-state index contributed by atoms with van der Waals surface area (Å²) in [6.45, 7) is 5.54. The molecule has 0 saturated carbocycles. The van der Waals surface area contributed by atoms with Gasteiger partial charge in [0.15, 0.2) is 0 Å². The number of nitrogens with one attached hydrogen (secondary N) is 1. The summed E-state index contributed by atoms with van der Waals surface area (Å²) in [7, 11) is 0. The second-order valence-corrected chi connectivity index (χ2v) is 7.10. The van der Waals surface area contributed by atoms with Gasteiger partial charge in [0.1, 0.15) is 0 Å². The number of rotatable bonds is 6. The van der Waals surface area contributed by atoms with Crippen molar-refractivity contribution in [1.82, 2.24) is 5.32 Å². The van der Waals surface area contributed by atoms with Crippen molar-refractivity contribution < 1.29 is 0 Å². The van der Waals surface area contributed by atoms with Crippen molar-refractivity contribution in [3.05, 3.63) is 56.8 Å². The first-order valence-electron chi connectivity index (χ1n) is 8.25. The lowest BCUT2D eigenvalue weighted by molar-refractivity contribution is 0.605. The molecule has 0 radical (unpaired) electrons. The van der Waals surface area contributed by atoms with E-state index < -0.39 is 0 Å². The maximum absolute atomic E-state index is 3.75. The van der Waals surface area contributed by atoms with Gasteiger partial charge in [-0.25, -0.2) is 0 Å². The monoisotopic (exact) mass is 299 g/mol. The fourth-order valence-electron chi connectivity index (χ4n) is 3.16. The standard InChI is InChI=1S/C19H25NS/c1-3-11-20-19(16-9-5-7-14(4-2)12-16)18-13-15-8-6-10-17(15)21-18/h5,7,9,12-13,19-20H,3-4,6,8,10-11H2,1-2H3. The molecular weight excluding hydrogens is 274 g/mol. The third-order valence-corrected chi connectivity index (χ3v) is 5.64. The summed E-state index contributed by atoms with van der Waals surface area (Å²) < 4.78 is 0. The number of hydrogen-bond donors (Lipinski definition) is 1. The maximum atomic E-state index is 3.75. The largest absolute Gasteiger partial charge is 0.306 e. The minimum absolute atomic E-state index is 0.368. The Bertz CT molecular complexity index is 578. The predicted molar refractivity (Wildman–Crippen MR) is 92.3 cm³/mol. The lowest BCUT2D eigenvalue weighted by Gasteiger charge is -2.18. The Morgan fingerprint density at radius 1 is 1.19 bits per heavy atom. The first kappa shape index (κ1) is 14.8. The highest BCUT2D eigenvalue weighted by Gasteiger charge is 2.21. The van der Waals surface area contributed by atoms with Crippen LogP contribution in [-0.2, 0) is 19.3 Å². The molecule has 0 aliphatic heterocycles. The highest BCUT2D eigenvalue weighted by Crippen LogP contribution is 2.36. The van der Waals surface area contributed by atoms with Gasteiger partial charge in [-0.15, -0.1) is 11.3 Å². The van der Waals surface area contributed by atoms with Gasteiger partial charge in [-0.3, -0.25) is 0 Å². The van der Waals surface area contributed by atoms with E-state index in [1.165, 1.54) is 41.7 Å². The smallest absolute Gasteiger partial charge is 0.0671 e. The lowest BCUT2D eigenvalue weighted by atomic mass is 10.0. The molecule has 1 aromatic heterocycles. The van der Waals surface area contributed by atoms with Crippen molar-refractivity contribution in [2.24, 2.45) is 0 Å². The van der Waals surface area contributed by atoms with Gasteiger partial charge in [0.25, 0.3) is 0 Å². The van der Waals surface area contributed by atoms with Crippen molar-refractivity contribution in [3.63, 3.8) is 0 Å². The summed E-state index contributed by atoms with van der Waals surface area (Å²) in [5.41, 5.74) is 4.45. The van der Waals surface area contributed by atoms with E-state index >= 15 is 0 Å². The first-order chi connectivity index (χ1) is 10.3. The molecule has 3 rings (SSSR count). The van der Waals surface area contributed by atoms with Crippen molar-refractivity contribution in [3.8, 4) is 0 Å². The zero-order chi connectivity index (χ0) is 14.7. The summed E-state index contributed by atoms with van der Waals surface area (Å²) in [5, 5.41) is 3.75. The molecule has 0 spiro atoms. The van der Waals surface area contributed by atoms with Crippen LogP contribution in [0.2, 0.25) is 0 Å². The van der Waals surface area contributed by atoms with E-state index in [1.54, 1.807) is 10.4 Å². The molecule has 2 heteroatoms. The zero-order valence-electron chi connectivity index (χ0n) is 13.1. The molecule has 1 aliphatic rings. The van der Waals surface area contributed by atoms with Crippen molar-refractivity contribution in [2.45, 2.75) is 52.0 Å². The first-order valence-corrected chi connectivity index (χ1v) is 9.07. The van der Waals surface area contributed by atoms with E-state index in [1.807, 2.05) is 11.3 Å². The molecule has 0 amide bonds. The predicted octanol–water partition coefficient (Wildman–Crippen LogP) is 4.89. The molecule has 0 bridgehead atoms. The Balaban J connectivity index is 1.92. The number of aryl methyl sites for hydroxylation is 3. The molecule has 1 nitrogen and oxygen atoms in total. The van der Waals surface area contributed by atoms with Gasteiger partial charge in [-0.1, -0.05) is 38.1 Å². The van der Waals surface area contributed by atoms with Crippen LogP contribution in [0.25, 0.3) is 0 Å². The van der Waals surface area contributed by atoms with E-state index in [0.29, 0.717) is 6.04 Å². The second kappa shape index (κ2) is 6.76. The van der Waals surface area contributed by atoms with Crippen LogP contribution in [0, 0.1) is 0 Å². The molecule has 1 atom stereocenters. The van der Waals surface area contributed by atoms with Crippen molar-refractivity contribution in [1.29, 1.82) is 0 Å². The van der Waals surface area contributed by atoms with Gasteiger partial charge in [0.05, 0.1) is 6.04 Å². The molecule has 1 aromatic carbocycles. The maximum Gasteiger partial charge on any atom is 0.0671 e. The molecule has 2 aromatic rings. The average molecular weight is 299 g/mol. The minimum atomic E-state index is 0.368. The van der Waals surface area contributed by atoms with E-state index in [-0.39, 0.29) is 0 Å². The Morgan fingerprint density at radius 2 is 2.10 bits per heavy atom. The third-order valence-electron chi connectivity index (χ3n) is 4.34. The topological polar surface area (TPSA) is 12.0 Å². The van der Waals surface area contributed by atoms with Gasteiger partial charge in [-0.05, 0) is 61.4 Å². The Morgan fingerprint density at radius 3 is 2.86 bits per heavy atom. The summed E-state index contributed by atoms with van der Waals surface area (Å²) in [5.74, 6) is 0. The van der Waals surface area contributed by atoms with E-state index in [2.05, 4.69) is 49.5 Å². The molecule has 1 unspecified atom stereocenters. The van der Waals surface area contributed by atoms with Crippen LogP contribution < -0.4 is 5.32 Å². The van der Waals surface area contributed by atoms with E-state index in [4.69, 9.17) is 0 Å². The zero-order valence-corrected chi connectivity index (χ0v) is 13.9. The lowest BCUT2D eigenvalue weighted by Crippen LogP contribution is -2.22. The number of fused-ring (bicyclic) bond motifs is 1. The number of benzene rings is 1. The normalized spacial score (nSPS) is 15.1. The highest BCUT2D eigenvalue weighted by molar-refractivity contribution is 7.12. The molecule has 21 heavy (non-hydrogen) atoms. The van der Waals surface area contributed by atoms with Crippen LogP contribution in [-0.4, -0.2) is 6.54 Å². The van der Waals surface area contributed by atoms with Crippen LogP contribution in [0.5, 0.6) is 0 Å². The second-order valence-electron chi connectivity index (χ2n) is 5.94. The number of hydrogen-bond acceptors (Lipinski definition) is 2. The van der Waals surface area contributed by atoms with Gasteiger partial charge in [0, 0.05) is 9.75 Å². The highest BCUT2D eigenvalue weighted by atomic mass is 32.1. The molecule has 0 fully saturated rings. The fraction of sp³-hybridized carbons (Fsp3) is 0.474. The van der Waals surface area contributed by atoms with Crippen LogP contribution in [0.3, 0.4) is 0 Å². The van der Waals surface area contributed by atoms with Gasteiger partial charge in [-0.2, -0.15) is 0 Å². The Hall–Kier alpha value is -1.12. The van der Waals surface area contributed by atoms with Crippen LogP contribution in [0.4, 0.5) is 0 Å². The molecule has 0 saturated heterocycles. The van der Waals surface area contributed by atoms with Crippen molar-refractivity contribution in [2.75, 3.05) is 6.54 Å². The summed E-state index contributed by atoms with van der Waals surface area (Å²) in [6, 6.07) is 11.9. The van der Waals surface area contributed by atoms with Crippen molar-refractivity contribution >= 4 is 11.3 Å². The van der Waals surface area contributed by atoms with E-state index in [0.717, 1.165) is 13.0 Å². The molecule has 1 aliphatic carbocycles. The summed E-state index contributed by atoms with van der Waals surface area (Å²) in [4.78, 5) is 3.13. The quantitative estimate of drug-likeness (QED) is 0.801. The molecule has 1 heterocycles. The summed E-state index contributed by atoms with van der Waals surface area (Å²) in [6.07, 6.45) is 6.20. The van der Waals surface area contributed by atoms with Gasteiger partial charge < -0.3 is 5.32 Å². The summed E-state index contributed by atoms with van der Waals surface area (Å²) >= 11 is 2.03. The fourth-order valence-corrected chi connectivity index (χ4v) is 4.52. The minimum Gasteiger partial charge on any atom is -0.306 e. The van der Waals surface area contributed by atoms with Gasteiger partial charge in [0.2, 0.25) is 0 Å².